The largest absolute Gasteiger partial charge is 0.496 e. The van der Waals surface area contributed by atoms with Gasteiger partial charge in [0.2, 0.25) is 0 Å². The minimum Gasteiger partial charge on any atom is -0.496 e. The highest BCUT2D eigenvalue weighted by atomic mass is 16.5. The van der Waals surface area contributed by atoms with E-state index in [0.717, 1.165) is 24.3 Å². The molecule has 0 saturated heterocycles. The molecule has 1 aliphatic rings. The second-order valence-electron chi connectivity index (χ2n) is 6.65. The molecular weight excluding hydrogens is 328 g/mol. The summed E-state index contributed by atoms with van der Waals surface area (Å²) in [6.45, 7) is 3.05. The van der Waals surface area contributed by atoms with Gasteiger partial charge in [-0.1, -0.05) is 11.6 Å². The van der Waals surface area contributed by atoms with E-state index in [1.165, 1.54) is 27.7 Å². The van der Waals surface area contributed by atoms with Gasteiger partial charge in [0.05, 0.1) is 27.4 Å². The van der Waals surface area contributed by atoms with Gasteiger partial charge in [-0.15, -0.1) is 0 Å². The Morgan fingerprint density at radius 1 is 0.923 bits per heavy atom. The first kappa shape index (κ1) is 16.8. The number of aromatic nitrogens is 1. The van der Waals surface area contributed by atoms with Crippen molar-refractivity contribution < 1.29 is 14.2 Å². The standard InChI is InChI=1S/C21H24N2O3/c1-12-5-6-16-14(9-12)13-7-8-22-20(21(13)23-16)15-10-18(25-3)19(26-4)11-17(15)24-2/h5-6,9-11,20,22-23H,7-8H2,1-4H3. The average Bonchev–Trinajstić information content (AvgIpc) is 3.04. The molecular formula is C21H24N2O3. The zero-order valence-electron chi connectivity index (χ0n) is 15.6. The molecule has 2 heterocycles. The number of rotatable bonds is 4. The van der Waals surface area contributed by atoms with Crippen molar-refractivity contribution >= 4 is 10.9 Å². The molecule has 0 spiro atoms. The molecule has 0 saturated carbocycles. The molecule has 5 nitrogen and oxygen atoms in total. The van der Waals surface area contributed by atoms with Crippen molar-refractivity contribution in [3.63, 3.8) is 0 Å². The van der Waals surface area contributed by atoms with E-state index in [-0.39, 0.29) is 6.04 Å². The summed E-state index contributed by atoms with van der Waals surface area (Å²) in [7, 11) is 4.97. The number of hydrogen-bond donors (Lipinski definition) is 2. The summed E-state index contributed by atoms with van der Waals surface area (Å²) in [4.78, 5) is 3.62. The lowest BCUT2D eigenvalue weighted by Gasteiger charge is -2.27. The maximum atomic E-state index is 5.66. The highest BCUT2D eigenvalue weighted by Gasteiger charge is 2.28. The minimum absolute atomic E-state index is 0.0150. The summed E-state index contributed by atoms with van der Waals surface area (Å²) in [5.74, 6) is 2.14. The number of ether oxygens (including phenoxy) is 3. The summed E-state index contributed by atoms with van der Waals surface area (Å²) in [6.07, 6.45) is 1.00. The molecule has 0 fully saturated rings. The Morgan fingerprint density at radius 3 is 2.38 bits per heavy atom. The van der Waals surface area contributed by atoms with Crippen LogP contribution in [0.5, 0.6) is 17.2 Å². The van der Waals surface area contributed by atoms with Crippen molar-refractivity contribution in [1.82, 2.24) is 10.3 Å². The van der Waals surface area contributed by atoms with Crippen LogP contribution in [0.4, 0.5) is 0 Å². The SMILES string of the molecule is COc1cc(OC)c(C2NCCc3c2[nH]c2ccc(C)cc32)cc1OC. The van der Waals surface area contributed by atoms with E-state index in [1.807, 2.05) is 12.1 Å². The van der Waals surface area contributed by atoms with Gasteiger partial charge < -0.3 is 24.5 Å². The van der Waals surface area contributed by atoms with Crippen LogP contribution in [0.15, 0.2) is 30.3 Å². The van der Waals surface area contributed by atoms with Crippen LogP contribution < -0.4 is 19.5 Å². The molecule has 1 atom stereocenters. The number of H-pyrrole nitrogens is 1. The number of benzene rings is 2. The molecule has 26 heavy (non-hydrogen) atoms. The van der Waals surface area contributed by atoms with Gasteiger partial charge in [-0.3, -0.25) is 0 Å². The summed E-state index contributed by atoms with van der Waals surface area (Å²) in [5, 5.41) is 4.93. The third-order valence-corrected chi connectivity index (χ3v) is 5.15. The molecule has 5 heteroatoms. The summed E-state index contributed by atoms with van der Waals surface area (Å²) >= 11 is 0. The molecule has 1 aliphatic heterocycles. The minimum atomic E-state index is 0.0150. The van der Waals surface area contributed by atoms with Crippen LogP contribution in [0.2, 0.25) is 0 Å². The molecule has 2 N–H and O–H groups in total. The molecule has 2 aromatic carbocycles. The predicted octanol–water partition coefficient (Wildman–Crippen LogP) is 3.74. The lowest BCUT2D eigenvalue weighted by molar-refractivity contribution is 0.345. The molecule has 0 amide bonds. The Bertz CT molecular complexity index is 962. The number of hydrogen-bond acceptors (Lipinski definition) is 4. The van der Waals surface area contributed by atoms with E-state index < -0.39 is 0 Å². The van der Waals surface area contributed by atoms with Crippen molar-refractivity contribution in [1.29, 1.82) is 0 Å². The average molecular weight is 352 g/mol. The van der Waals surface area contributed by atoms with Gasteiger partial charge in [0, 0.05) is 34.8 Å². The molecule has 0 aliphatic carbocycles. The van der Waals surface area contributed by atoms with Crippen LogP contribution in [0.25, 0.3) is 10.9 Å². The molecule has 4 rings (SSSR count). The fourth-order valence-corrected chi connectivity index (χ4v) is 3.89. The fraction of sp³-hybridized carbons (Fsp3) is 0.333. The maximum absolute atomic E-state index is 5.66. The Labute approximate surface area is 153 Å². The van der Waals surface area contributed by atoms with Crippen molar-refractivity contribution in [2.45, 2.75) is 19.4 Å². The van der Waals surface area contributed by atoms with E-state index >= 15 is 0 Å². The van der Waals surface area contributed by atoms with Gasteiger partial charge in [-0.25, -0.2) is 0 Å². The van der Waals surface area contributed by atoms with Crippen molar-refractivity contribution in [3.8, 4) is 17.2 Å². The summed E-state index contributed by atoms with van der Waals surface area (Å²) in [6, 6.07) is 10.5. The monoisotopic (exact) mass is 352 g/mol. The smallest absolute Gasteiger partial charge is 0.164 e. The topological polar surface area (TPSA) is 55.5 Å². The summed E-state index contributed by atoms with van der Waals surface area (Å²) in [5.41, 5.74) is 6.06. The zero-order chi connectivity index (χ0) is 18.3. The van der Waals surface area contributed by atoms with Crippen molar-refractivity contribution in [2.75, 3.05) is 27.9 Å². The third kappa shape index (κ3) is 2.59. The Morgan fingerprint density at radius 2 is 1.65 bits per heavy atom. The van der Waals surface area contributed by atoms with E-state index in [2.05, 4.69) is 35.4 Å². The van der Waals surface area contributed by atoms with Crippen LogP contribution in [0, 0.1) is 6.92 Å². The third-order valence-electron chi connectivity index (χ3n) is 5.15. The van der Waals surface area contributed by atoms with Gasteiger partial charge in [-0.05, 0) is 37.1 Å². The second-order valence-corrected chi connectivity index (χ2v) is 6.65. The van der Waals surface area contributed by atoms with Crippen molar-refractivity contribution in [3.05, 3.63) is 52.7 Å². The maximum Gasteiger partial charge on any atom is 0.164 e. The molecule has 1 unspecified atom stereocenters. The van der Waals surface area contributed by atoms with Crippen molar-refractivity contribution in [2.24, 2.45) is 0 Å². The van der Waals surface area contributed by atoms with Gasteiger partial charge in [-0.2, -0.15) is 0 Å². The normalized spacial score (nSPS) is 16.4. The van der Waals surface area contributed by atoms with Gasteiger partial charge in [0.25, 0.3) is 0 Å². The van der Waals surface area contributed by atoms with Crippen LogP contribution in [0.1, 0.15) is 28.4 Å². The Kier molecular flexibility index (Phi) is 4.24. The van der Waals surface area contributed by atoms with Gasteiger partial charge in [0.15, 0.2) is 11.5 Å². The van der Waals surface area contributed by atoms with Crippen LogP contribution in [-0.2, 0) is 6.42 Å². The first-order chi connectivity index (χ1) is 12.7. The number of methoxy groups -OCH3 is 3. The molecule has 1 aromatic heterocycles. The van der Waals surface area contributed by atoms with E-state index in [1.54, 1.807) is 21.3 Å². The molecule has 136 valence electrons. The zero-order valence-corrected chi connectivity index (χ0v) is 15.6. The van der Waals surface area contributed by atoms with Gasteiger partial charge >= 0.3 is 0 Å². The number of aromatic amines is 1. The van der Waals surface area contributed by atoms with Crippen LogP contribution in [0.3, 0.4) is 0 Å². The molecule has 3 aromatic rings. The fourth-order valence-electron chi connectivity index (χ4n) is 3.89. The predicted molar refractivity (Wildman–Crippen MR) is 103 cm³/mol. The second kappa shape index (κ2) is 6.57. The quantitative estimate of drug-likeness (QED) is 0.751. The van der Waals surface area contributed by atoms with E-state index in [4.69, 9.17) is 14.2 Å². The Hall–Kier alpha value is -2.66. The molecule has 0 bridgehead atoms. The lowest BCUT2D eigenvalue weighted by Crippen LogP contribution is -2.30. The Balaban J connectivity index is 1.89. The molecule has 0 radical (unpaired) electrons. The number of nitrogens with one attached hydrogen (secondary N) is 2. The first-order valence-corrected chi connectivity index (χ1v) is 8.80. The first-order valence-electron chi connectivity index (χ1n) is 8.80. The highest BCUT2D eigenvalue weighted by molar-refractivity contribution is 5.86. The van der Waals surface area contributed by atoms with E-state index in [0.29, 0.717) is 11.5 Å². The number of aryl methyl sites for hydroxylation is 1. The van der Waals surface area contributed by atoms with Crippen LogP contribution in [-0.4, -0.2) is 32.9 Å². The summed E-state index contributed by atoms with van der Waals surface area (Å²) < 4.78 is 16.6. The van der Waals surface area contributed by atoms with E-state index in [9.17, 15) is 0 Å². The highest BCUT2D eigenvalue weighted by Crippen LogP contribution is 2.42. The van der Waals surface area contributed by atoms with Crippen LogP contribution >= 0.6 is 0 Å². The van der Waals surface area contributed by atoms with Gasteiger partial charge in [0.1, 0.15) is 5.75 Å². The number of fused-ring (bicyclic) bond motifs is 3. The lowest BCUT2D eigenvalue weighted by atomic mass is 9.93.